The fourth-order valence-electron chi connectivity index (χ4n) is 3.09. The lowest BCUT2D eigenvalue weighted by molar-refractivity contribution is -0.404. The van der Waals surface area contributed by atoms with Gasteiger partial charge in [0.15, 0.2) is 5.71 Å². The largest absolute Gasteiger partial charge is 0.385 e. The molecule has 16 heteroatoms. The number of oxime groups is 1. The standard InChI is InChI=1S/C19H9F12NOS2/c20-14(21)16(24,25)18(28,29)19(30,31)17(26,27)15(22,23)13(32-33-34)8-5-6-12-10(7-8)9-3-1-2-4-11(9)35-12/h1-7,14,34H. The highest BCUT2D eigenvalue weighted by Gasteiger charge is 2.88. The molecule has 0 aliphatic carbocycles. The quantitative estimate of drug-likeness (QED) is 0.0974. The zero-order chi connectivity index (χ0) is 26.6. The van der Waals surface area contributed by atoms with Gasteiger partial charge in [0, 0.05) is 25.7 Å². The van der Waals surface area contributed by atoms with Gasteiger partial charge in [0.05, 0.1) is 12.9 Å². The van der Waals surface area contributed by atoms with Crippen LogP contribution in [-0.2, 0) is 4.28 Å². The second kappa shape index (κ2) is 8.64. The molecule has 0 fully saturated rings. The molecule has 0 aliphatic heterocycles. The van der Waals surface area contributed by atoms with Crippen LogP contribution in [-0.4, -0.2) is 41.7 Å². The number of nitrogens with zero attached hydrogens (tertiary/aromatic N) is 1. The molecule has 1 aromatic heterocycles. The number of hydrogen-bond donors (Lipinski definition) is 1. The number of thiol groups is 1. The van der Waals surface area contributed by atoms with Gasteiger partial charge >= 0.3 is 36.0 Å². The lowest BCUT2D eigenvalue weighted by atomic mass is 9.89. The summed E-state index contributed by atoms with van der Waals surface area (Å²) < 4.78 is 169. The molecule has 0 atom stereocenters. The molecule has 2 aromatic carbocycles. The van der Waals surface area contributed by atoms with Crippen molar-refractivity contribution in [1.29, 1.82) is 0 Å². The van der Waals surface area contributed by atoms with Gasteiger partial charge in [0.2, 0.25) is 0 Å². The summed E-state index contributed by atoms with van der Waals surface area (Å²) in [4.78, 5) is 0. The Kier molecular flexibility index (Phi) is 6.72. The van der Waals surface area contributed by atoms with E-state index in [-0.39, 0.29) is 5.39 Å². The summed E-state index contributed by atoms with van der Waals surface area (Å²) >= 11 is 4.07. The molecule has 1 heterocycles. The predicted molar refractivity (Wildman–Crippen MR) is 107 cm³/mol. The SMILES string of the molecule is FC(F)C(F)(F)C(F)(F)C(F)(F)C(F)(F)C(F)(F)C(=NOS)c1ccc2sc3ccccc3c2c1. The Hall–Kier alpha value is -2.36. The lowest BCUT2D eigenvalue weighted by Crippen LogP contribution is -2.70. The fourth-order valence-corrected chi connectivity index (χ4v) is 4.26. The van der Waals surface area contributed by atoms with E-state index in [2.05, 4.69) is 22.3 Å². The maximum atomic E-state index is 14.8. The lowest BCUT2D eigenvalue weighted by Gasteiger charge is -2.39. The normalized spacial score (nSPS) is 14.9. The summed E-state index contributed by atoms with van der Waals surface area (Å²) in [6, 6.07) is 8.80. The molecule has 2 nitrogen and oxygen atoms in total. The molecule has 0 spiro atoms. The van der Waals surface area contributed by atoms with Crippen LogP contribution in [0.3, 0.4) is 0 Å². The summed E-state index contributed by atoms with van der Waals surface area (Å²) in [7, 11) is 0. The van der Waals surface area contributed by atoms with Crippen molar-refractivity contribution < 1.29 is 57.0 Å². The van der Waals surface area contributed by atoms with Gasteiger partial charge in [-0.15, -0.1) is 11.3 Å². The Morgan fingerprint density at radius 1 is 0.771 bits per heavy atom. The van der Waals surface area contributed by atoms with Gasteiger partial charge in [-0.25, -0.2) is 8.78 Å². The van der Waals surface area contributed by atoms with Crippen molar-refractivity contribution in [2.24, 2.45) is 5.16 Å². The second-order valence-electron chi connectivity index (χ2n) is 7.05. The molecular weight excluding hydrogens is 550 g/mol. The van der Waals surface area contributed by atoms with Crippen molar-refractivity contribution in [2.75, 3.05) is 0 Å². The Labute approximate surface area is 196 Å². The Balaban J connectivity index is 2.19. The molecule has 0 aliphatic rings. The minimum absolute atomic E-state index is 0.135. The Bertz CT molecular complexity index is 1270. The summed E-state index contributed by atoms with van der Waals surface area (Å²) in [5.74, 6) is -36.2. The smallest absolute Gasteiger partial charge is 0.325 e. The topological polar surface area (TPSA) is 21.6 Å². The summed E-state index contributed by atoms with van der Waals surface area (Å²) in [5.41, 5.74) is -3.45. The van der Waals surface area contributed by atoms with E-state index in [0.717, 1.165) is 23.5 Å². The van der Waals surface area contributed by atoms with Crippen molar-refractivity contribution in [2.45, 2.75) is 36.0 Å². The van der Waals surface area contributed by atoms with Gasteiger partial charge in [-0.1, -0.05) is 29.4 Å². The van der Waals surface area contributed by atoms with Crippen LogP contribution in [0.4, 0.5) is 52.7 Å². The number of thiophene rings is 1. The number of fused-ring (bicyclic) bond motifs is 3. The van der Waals surface area contributed by atoms with Crippen molar-refractivity contribution in [3.63, 3.8) is 0 Å². The van der Waals surface area contributed by atoms with Crippen molar-refractivity contribution >= 4 is 50.1 Å². The minimum Gasteiger partial charge on any atom is -0.325 e. The first-order valence-corrected chi connectivity index (χ1v) is 10.1. The van der Waals surface area contributed by atoms with Crippen LogP contribution in [0.1, 0.15) is 5.56 Å². The summed E-state index contributed by atoms with van der Waals surface area (Å²) in [5, 5.41) is 2.98. The van der Waals surface area contributed by atoms with Gasteiger partial charge in [0.25, 0.3) is 0 Å². The van der Waals surface area contributed by atoms with Crippen molar-refractivity contribution in [3.8, 4) is 0 Å². The zero-order valence-electron chi connectivity index (χ0n) is 16.4. The number of benzene rings is 2. The molecule has 0 N–H and O–H groups in total. The van der Waals surface area contributed by atoms with E-state index in [1.807, 2.05) is 0 Å². The highest BCUT2D eigenvalue weighted by Crippen LogP contribution is 2.58. The fraction of sp³-hybridized carbons (Fsp3) is 0.316. The number of halogens is 12. The minimum atomic E-state index is -7.69. The third kappa shape index (κ3) is 3.88. The molecule has 0 saturated heterocycles. The van der Waals surface area contributed by atoms with Crippen molar-refractivity contribution in [1.82, 2.24) is 0 Å². The van der Waals surface area contributed by atoms with E-state index < -0.39 is 47.3 Å². The van der Waals surface area contributed by atoms with Gasteiger partial charge in [-0.3, -0.25) is 0 Å². The molecule has 0 bridgehead atoms. The molecule has 0 unspecified atom stereocenters. The van der Waals surface area contributed by atoms with E-state index >= 15 is 0 Å². The Morgan fingerprint density at radius 2 is 1.34 bits per heavy atom. The zero-order valence-corrected chi connectivity index (χ0v) is 18.1. The molecule has 0 saturated carbocycles. The van der Waals surface area contributed by atoms with Crippen LogP contribution in [0, 0.1) is 0 Å². The van der Waals surface area contributed by atoms with Crippen LogP contribution >= 0.6 is 24.2 Å². The van der Waals surface area contributed by atoms with Gasteiger partial charge in [-0.05, 0) is 18.2 Å². The summed E-state index contributed by atoms with van der Waals surface area (Å²) in [6.07, 6.45) is -5.59. The molecule has 0 radical (unpaired) electrons. The first-order valence-electron chi connectivity index (χ1n) is 8.93. The van der Waals surface area contributed by atoms with Crippen LogP contribution in [0.15, 0.2) is 47.6 Å². The van der Waals surface area contributed by atoms with Crippen LogP contribution in [0.2, 0.25) is 0 Å². The van der Waals surface area contributed by atoms with E-state index in [0.29, 0.717) is 20.9 Å². The van der Waals surface area contributed by atoms with E-state index in [9.17, 15) is 52.7 Å². The van der Waals surface area contributed by atoms with Crippen LogP contribution in [0.25, 0.3) is 20.2 Å². The van der Waals surface area contributed by atoms with Crippen molar-refractivity contribution in [3.05, 3.63) is 48.0 Å². The third-order valence-corrected chi connectivity index (χ3v) is 6.19. The van der Waals surface area contributed by atoms with Crippen LogP contribution < -0.4 is 0 Å². The third-order valence-electron chi connectivity index (χ3n) is 4.96. The van der Waals surface area contributed by atoms with Gasteiger partial charge in [0.1, 0.15) is 0 Å². The number of hydrogen-bond acceptors (Lipinski definition) is 4. The van der Waals surface area contributed by atoms with E-state index in [1.165, 1.54) is 12.1 Å². The first-order chi connectivity index (χ1) is 15.9. The Morgan fingerprint density at radius 3 is 1.91 bits per heavy atom. The first kappa shape index (κ1) is 27.2. The molecule has 3 aromatic rings. The molecule has 35 heavy (non-hydrogen) atoms. The van der Waals surface area contributed by atoms with E-state index in [1.54, 1.807) is 12.1 Å². The van der Waals surface area contributed by atoms with Gasteiger partial charge in [-0.2, -0.15) is 43.9 Å². The molecule has 0 amide bonds. The van der Waals surface area contributed by atoms with Gasteiger partial charge < -0.3 is 4.28 Å². The highest BCUT2D eigenvalue weighted by atomic mass is 32.1. The summed E-state index contributed by atoms with van der Waals surface area (Å²) in [6.45, 7) is 0. The average Bonchev–Trinajstić information content (AvgIpc) is 3.14. The van der Waals surface area contributed by atoms with Crippen LogP contribution in [0.5, 0.6) is 0 Å². The van der Waals surface area contributed by atoms with E-state index in [4.69, 9.17) is 0 Å². The highest BCUT2D eigenvalue weighted by molar-refractivity contribution is 7.75. The maximum absolute atomic E-state index is 14.8. The predicted octanol–water partition coefficient (Wildman–Crippen LogP) is 8.06. The molecule has 192 valence electrons. The maximum Gasteiger partial charge on any atom is 0.385 e. The molecular formula is C19H9F12NOS2. The molecule has 3 rings (SSSR count). The number of rotatable bonds is 8. The number of alkyl halides is 12. The second-order valence-corrected chi connectivity index (χ2v) is 8.30. The average molecular weight is 559 g/mol. The monoisotopic (exact) mass is 559 g/mol.